The van der Waals surface area contributed by atoms with Gasteiger partial charge in [0, 0.05) is 56.1 Å². The molecule has 1 saturated heterocycles. The van der Waals surface area contributed by atoms with E-state index in [-0.39, 0.29) is 17.4 Å². The second-order valence-electron chi connectivity index (χ2n) is 15.9. The number of para-hydroxylation sites is 1. The number of aliphatic imine (C=N–C) groups is 1. The summed E-state index contributed by atoms with van der Waals surface area (Å²) < 4.78 is 16.0. The van der Waals surface area contributed by atoms with E-state index < -0.39 is 0 Å². The van der Waals surface area contributed by atoms with Crippen LogP contribution in [0.15, 0.2) is 76.8 Å². The Balaban J connectivity index is 1.03. The van der Waals surface area contributed by atoms with Crippen LogP contribution in [0.2, 0.25) is 0 Å². The minimum atomic E-state index is -0.236. The highest BCUT2D eigenvalue weighted by molar-refractivity contribution is 5.96. The van der Waals surface area contributed by atoms with Crippen molar-refractivity contribution >= 4 is 28.2 Å². The van der Waals surface area contributed by atoms with Gasteiger partial charge in [0.15, 0.2) is 5.96 Å². The van der Waals surface area contributed by atoms with Gasteiger partial charge >= 0.3 is 0 Å². The van der Waals surface area contributed by atoms with Crippen molar-refractivity contribution in [2.45, 2.75) is 77.9 Å². The summed E-state index contributed by atoms with van der Waals surface area (Å²) in [7, 11) is 0. The first-order valence-electron chi connectivity index (χ1n) is 18.5. The van der Waals surface area contributed by atoms with E-state index in [0.29, 0.717) is 58.6 Å². The van der Waals surface area contributed by atoms with Crippen molar-refractivity contribution in [3.05, 3.63) is 99.9 Å². The molecule has 4 aromatic rings. The van der Waals surface area contributed by atoms with Gasteiger partial charge in [-0.3, -0.25) is 9.36 Å². The van der Waals surface area contributed by atoms with Crippen LogP contribution in [0.4, 0.5) is 15.8 Å². The second-order valence-corrected chi connectivity index (χ2v) is 15.9. The largest absolute Gasteiger partial charge is 0.384 e. The molecular formula is C41H50FN7O. The van der Waals surface area contributed by atoms with E-state index >= 15 is 0 Å². The second kappa shape index (κ2) is 13.1. The smallest absolute Gasteiger partial charge is 0.261 e. The molecule has 3 aromatic carbocycles. The summed E-state index contributed by atoms with van der Waals surface area (Å²) in [6.45, 7) is 13.1. The Labute approximate surface area is 294 Å². The molecule has 3 saturated carbocycles. The first-order chi connectivity index (χ1) is 24.1. The van der Waals surface area contributed by atoms with E-state index in [2.05, 4.69) is 70.9 Å². The zero-order chi connectivity index (χ0) is 34.6. The molecule has 2 bridgehead atoms. The number of anilines is 2. The SMILES string of the molecule is Cc1ccc(CCn2cnc3cc(NC(=N[C@H]4C[C@@H]5C[C@H](C4C)C5(C)C)N4CCN[C@@H](CC5CNc6ccccc65)C4)ccc3c2=O)c(F)c1. The maximum atomic E-state index is 14.5. The quantitative estimate of drug-likeness (QED) is 0.148. The number of hydrogen-bond acceptors (Lipinski definition) is 5. The van der Waals surface area contributed by atoms with Crippen molar-refractivity contribution in [3.8, 4) is 0 Å². The van der Waals surface area contributed by atoms with Gasteiger partial charge in [0.2, 0.25) is 0 Å². The van der Waals surface area contributed by atoms with E-state index in [0.717, 1.165) is 62.1 Å². The molecule has 0 radical (unpaired) electrons. The molecule has 6 atom stereocenters. The Morgan fingerprint density at radius 3 is 2.80 bits per heavy atom. The standard InChI is InChI=1S/C41H50FN7O/c1-25-9-10-27(35(42)17-25)13-15-49-24-45-38-21-30(11-12-33(38)39(49)50)46-40(47-37-20-29-19-34(26(37)2)41(29,3)4)48-16-14-43-31(23-48)18-28-22-44-36-8-6-5-7-32(28)36/h5-12,17,21,24,26,28-29,31,34,37,43-44H,13-16,18-20,22-23H2,1-4H3,(H,46,47)/t26?,28?,29-,31-,34+,37-/m0/s1. The number of piperazine rings is 1. The molecule has 2 aliphatic heterocycles. The number of guanidine groups is 1. The summed E-state index contributed by atoms with van der Waals surface area (Å²) in [6.07, 6.45) is 5.52. The van der Waals surface area contributed by atoms with Crippen molar-refractivity contribution in [2.75, 3.05) is 36.8 Å². The predicted molar refractivity (Wildman–Crippen MR) is 201 cm³/mol. The number of halogens is 1. The third kappa shape index (κ3) is 6.18. The molecule has 2 unspecified atom stereocenters. The van der Waals surface area contributed by atoms with Gasteiger partial charge in [0.1, 0.15) is 5.82 Å². The molecule has 8 nitrogen and oxygen atoms in total. The summed E-state index contributed by atoms with van der Waals surface area (Å²) in [5.41, 5.74) is 5.95. The lowest BCUT2D eigenvalue weighted by Crippen LogP contribution is -2.57. The normalized spacial score (nSPS) is 27.1. The number of aromatic nitrogens is 2. The minimum absolute atomic E-state index is 0.117. The number of hydrogen-bond donors (Lipinski definition) is 3. The molecule has 3 aliphatic carbocycles. The van der Waals surface area contributed by atoms with Crippen LogP contribution in [0.25, 0.3) is 10.9 Å². The van der Waals surface area contributed by atoms with Crippen LogP contribution < -0.4 is 21.5 Å². The van der Waals surface area contributed by atoms with Crippen LogP contribution in [0.1, 0.15) is 62.6 Å². The van der Waals surface area contributed by atoms with Gasteiger partial charge in [0.25, 0.3) is 5.56 Å². The first kappa shape index (κ1) is 32.9. The third-order valence-electron chi connectivity index (χ3n) is 12.6. The van der Waals surface area contributed by atoms with E-state index in [1.165, 1.54) is 23.7 Å². The van der Waals surface area contributed by atoms with Crippen molar-refractivity contribution in [1.29, 1.82) is 0 Å². The Kier molecular flexibility index (Phi) is 8.66. The van der Waals surface area contributed by atoms with Crippen LogP contribution in [0.3, 0.4) is 0 Å². The van der Waals surface area contributed by atoms with Crippen LogP contribution in [0, 0.1) is 35.9 Å². The number of nitrogens with zero attached hydrogens (tertiary/aromatic N) is 4. The molecule has 1 aromatic heterocycles. The van der Waals surface area contributed by atoms with Crippen molar-refractivity contribution in [2.24, 2.45) is 28.2 Å². The molecule has 262 valence electrons. The Bertz CT molecular complexity index is 1990. The van der Waals surface area contributed by atoms with Gasteiger partial charge in [-0.1, -0.05) is 51.1 Å². The van der Waals surface area contributed by atoms with Gasteiger partial charge in [-0.2, -0.15) is 0 Å². The predicted octanol–water partition coefficient (Wildman–Crippen LogP) is 6.80. The molecule has 50 heavy (non-hydrogen) atoms. The van der Waals surface area contributed by atoms with Crippen molar-refractivity contribution in [3.63, 3.8) is 0 Å². The van der Waals surface area contributed by atoms with Gasteiger partial charge < -0.3 is 20.9 Å². The van der Waals surface area contributed by atoms with Crippen LogP contribution in [0.5, 0.6) is 0 Å². The number of rotatable bonds is 7. The van der Waals surface area contributed by atoms with E-state index in [4.69, 9.17) is 4.99 Å². The first-order valence-corrected chi connectivity index (χ1v) is 18.5. The number of nitrogens with one attached hydrogen (secondary N) is 3. The molecular weight excluding hydrogens is 625 g/mol. The lowest BCUT2D eigenvalue weighted by molar-refractivity contribution is -0.108. The molecule has 9 heteroatoms. The zero-order valence-corrected chi connectivity index (χ0v) is 29.8. The highest BCUT2D eigenvalue weighted by Gasteiger charge is 2.56. The van der Waals surface area contributed by atoms with Crippen LogP contribution in [-0.4, -0.2) is 58.7 Å². The monoisotopic (exact) mass is 675 g/mol. The van der Waals surface area contributed by atoms with Crippen LogP contribution in [-0.2, 0) is 13.0 Å². The minimum Gasteiger partial charge on any atom is -0.384 e. The molecule has 5 aliphatic rings. The maximum absolute atomic E-state index is 14.5. The number of fused-ring (bicyclic) bond motifs is 4. The average molecular weight is 676 g/mol. The highest BCUT2D eigenvalue weighted by atomic mass is 19.1. The van der Waals surface area contributed by atoms with E-state index in [1.807, 2.05) is 31.2 Å². The Morgan fingerprint density at radius 2 is 1.98 bits per heavy atom. The highest BCUT2D eigenvalue weighted by Crippen LogP contribution is 2.61. The lowest BCUT2D eigenvalue weighted by Gasteiger charge is -2.61. The summed E-state index contributed by atoms with van der Waals surface area (Å²) in [5.74, 6) is 3.12. The molecule has 4 fully saturated rings. The molecule has 3 N–H and O–H groups in total. The van der Waals surface area contributed by atoms with Gasteiger partial charge in [-0.15, -0.1) is 0 Å². The molecule has 3 heterocycles. The number of benzene rings is 3. The van der Waals surface area contributed by atoms with Crippen molar-refractivity contribution in [1.82, 2.24) is 19.8 Å². The summed E-state index contributed by atoms with van der Waals surface area (Å²) in [5, 5.41) is 11.7. The number of aryl methyl sites for hydroxylation is 3. The molecule has 9 rings (SSSR count). The van der Waals surface area contributed by atoms with Crippen LogP contribution >= 0.6 is 0 Å². The topological polar surface area (TPSA) is 86.6 Å². The van der Waals surface area contributed by atoms with Gasteiger partial charge in [0.05, 0.1) is 23.3 Å². The summed E-state index contributed by atoms with van der Waals surface area (Å²) in [4.78, 5) is 26.1. The Hall–Kier alpha value is -4.24. The fourth-order valence-electron chi connectivity index (χ4n) is 9.35. The van der Waals surface area contributed by atoms with E-state index in [1.54, 1.807) is 17.0 Å². The molecule has 0 spiro atoms. The zero-order valence-electron chi connectivity index (χ0n) is 29.8. The fourth-order valence-corrected chi connectivity index (χ4v) is 9.35. The van der Waals surface area contributed by atoms with Crippen molar-refractivity contribution < 1.29 is 4.39 Å². The fraction of sp³-hybridized carbons (Fsp3) is 0.488. The molecule has 0 amide bonds. The third-order valence-corrected chi connectivity index (χ3v) is 12.6. The lowest BCUT2D eigenvalue weighted by atomic mass is 9.45. The Morgan fingerprint density at radius 1 is 1.12 bits per heavy atom. The average Bonchev–Trinajstić information content (AvgIpc) is 3.51. The van der Waals surface area contributed by atoms with Gasteiger partial charge in [-0.05, 0) is 103 Å². The summed E-state index contributed by atoms with van der Waals surface area (Å²) >= 11 is 0. The maximum Gasteiger partial charge on any atom is 0.261 e. The summed E-state index contributed by atoms with van der Waals surface area (Å²) in [6, 6.07) is 20.3. The van der Waals surface area contributed by atoms with Gasteiger partial charge in [-0.25, -0.2) is 14.4 Å². The van der Waals surface area contributed by atoms with E-state index in [9.17, 15) is 9.18 Å².